The van der Waals surface area contributed by atoms with Crippen LogP contribution >= 0.6 is 0 Å². The van der Waals surface area contributed by atoms with E-state index in [2.05, 4.69) is 0 Å². The van der Waals surface area contributed by atoms with Crippen molar-refractivity contribution in [2.45, 2.75) is 13.1 Å². The van der Waals surface area contributed by atoms with Crippen LogP contribution in [0.15, 0.2) is 53.3 Å². The van der Waals surface area contributed by atoms with E-state index in [1.807, 2.05) is 0 Å². The summed E-state index contributed by atoms with van der Waals surface area (Å²) in [6.45, 7) is 1.39. The third kappa shape index (κ3) is 2.46. The van der Waals surface area contributed by atoms with Gasteiger partial charge in [0, 0.05) is 5.39 Å². The smallest absolute Gasteiger partial charge is 0.394 e. The van der Waals surface area contributed by atoms with E-state index in [0.717, 1.165) is 11.5 Å². The maximum absolute atomic E-state index is 13.4. The second kappa shape index (κ2) is 5.15. The SMILES string of the molecule is Cc1cc(C(F)(F)F)n(-c2cccc3ccccc23)c(=O)c1N. The Labute approximate surface area is 129 Å². The minimum absolute atomic E-state index is 0.110. The first kappa shape index (κ1) is 15.1. The summed E-state index contributed by atoms with van der Waals surface area (Å²) in [6.07, 6.45) is -4.67. The number of alkyl halides is 3. The molecular weight excluding hydrogens is 305 g/mol. The first-order valence-electron chi connectivity index (χ1n) is 6.88. The summed E-state index contributed by atoms with van der Waals surface area (Å²) < 4.78 is 40.9. The van der Waals surface area contributed by atoms with Crippen LogP contribution < -0.4 is 11.3 Å². The molecule has 0 aliphatic heterocycles. The number of pyridine rings is 1. The molecule has 3 aromatic rings. The molecular formula is C17H13F3N2O. The van der Waals surface area contributed by atoms with Crippen LogP contribution in [0.25, 0.3) is 16.5 Å². The van der Waals surface area contributed by atoms with Crippen molar-refractivity contribution in [3.63, 3.8) is 0 Å². The van der Waals surface area contributed by atoms with Crippen LogP contribution in [0.3, 0.4) is 0 Å². The number of benzene rings is 2. The predicted octanol–water partition coefficient (Wildman–Crippen LogP) is 3.90. The molecule has 1 aromatic heterocycles. The molecule has 0 saturated carbocycles. The molecule has 0 radical (unpaired) electrons. The molecule has 0 saturated heterocycles. The minimum Gasteiger partial charge on any atom is -0.394 e. The third-order valence-corrected chi connectivity index (χ3v) is 3.75. The number of rotatable bonds is 1. The summed E-state index contributed by atoms with van der Waals surface area (Å²) in [6, 6.07) is 12.7. The van der Waals surface area contributed by atoms with Crippen molar-refractivity contribution >= 4 is 16.5 Å². The van der Waals surface area contributed by atoms with E-state index in [1.54, 1.807) is 36.4 Å². The number of nitrogen functional groups attached to an aromatic ring is 1. The summed E-state index contributed by atoms with van der Waals surface area (Å²) in [4.78, 5) is 12.4. The largest absolute Gasteiger partial charge is 0.431 e. The highest BCUT2D eigenvalue weighted by molar-refractivity contribution is 5.90. The van der Waals surface area contributed by atoms with Gasteiger partial charge in [-0.15, -0.1) is 0 Å². The second-order valence-corrected chi connectivity index (χ2v) is 5.26. The highest BCUT2D eigenvalue weighted by Gasteiger charge is 2.36. The van der Waals surface area contributed by atoms with Gasteiger partial charge >= 0.3 is 6.18 Å². The average molecular weight is 318 g/mol. The Morgan fingerprint density at radius 3 is 2.39 bits per heavy atom. The molecule has 3 nitrogen and oxygen atoms in total. The normalized spacial score (nSPS) is 11.8. The molecule has 23 heavy (non-hydrogen) atoms. The summed E-state index contributed by atoms with van der Waals surface area (Å²) in [7, 11) is 0. The van der Waals surface area contributed by atoms with Crippen molar-refractivity contribution in [1.29, 1.82) is 0 Å². The van der Waals surface area contributed by atoms with Crippen molar-refractivity contribution in [2.75, 3.05) is 5.73 Å². The molecule has 3 rings (SSSR count). The van der Waals surface area contributed by atoms with Crippen LogP contribution in [0.1, 0.15) is 11.3 Å². The van der Waals surface area contributed by atoms with Gasteiger partial charge in [0.25, 0.3) is 5.56 Å². The molecule has 0 fully saturated rings. The fourth-order valence-corrected chi connectivity index (χ4v) is 2.60. The van der Waals surface area contributed by atoms with Crippen molar-refractivity contribution in [2.24, 2.45) is 0 Å². The Morgan fingerprint density at radius 1 is 1.04 bits per heavy atom. The summed E-state index contributed by atoms with van der Waals surface area (Å²) in [5.41, 5.74) is 3.85. The van der Waals surface area contributed by atoms with Gasteiger partial charge in [-0.1, -0.05) is 36.4 Å². The summed E-state index contributed by atoms with van der Waals surface area (Å²) in [5, 5.41) is 1.29. The standard InChI is InChI=1S/C17H13F3N2O/c1-10-9-14(17(18,19)20)22(16(23)15(10)21)13-8-4-6-11-5-2-3-7-12(11)13/h2-9H,21H2,1H3. The molecule has 0 atom stereocenters. The van der Waals surface area contributed by atoms with E-state index < -0.39 is 17.4 Å². The van der Waals surface area contributed by atoms with E-state index in [4.69, 9.17) is 5.73 Å². The number of fused-ring (bicyclic) bond motifs is 1. The molecule has 0 bridgehead atoms. The quantitative estimate of drug-likeness (QED) is 0.740. The van der Waals surface area contributed by atoms with E-state index >= 15 is 0 Å². The van der Waals surface area contributed by atoms with Gasteiger partial charge < -0.3 is 5.73 Å². The Hall–Kier alpha value is -2.76. The van der Waals surface area contributed by atoms with Gasteiger partial charge in [0.15, 0.2) is 0 Å². The number of aromatic nitrogens is 1. The number of hydrogen-bond acceptors (Lipinski definition) is 2. The molecule has 0 amide bonds. The number of anilines is 1. The van der Waals surface area contributed by atoms with Crippen molar-refractivity contribution in [3.8, 4) is 5.69 Å². The Morgan fingerprint density at radius 2 is 1.70 bits per heavy atom. The van der Waals surface area contributed by atoms with Gasteiger partial charge in [0.05, 0.1) is 5.69 Å². The maximum Gasteiger partial charge on any atom is 0.431 e. The Kier molecular flexibility index (Phi) is 3.39. The highest BCUT2D eigenvalue weighted by atomic mass is 19.4. The molecule has 0 spiro atoms. The highest BCUT2D eigenvalue weighted by Crippen LogP contribution is 2.33. The monoisotopic (exact) mass is 318 g/mol. The number of aryl methyl sites for hydroxylation is 1. The Bertz CT molecular complexity index is 953. The molecule has 0 aliphatic rings. The van der Waals surface area contributed by atoms with E-state index in [-0.39, 0.29) is 16.9 Å². The number of nitrogens with two attached hydrogens (primary N) is 1. The zero-order valence-corrected chi connectivity index (χ0v) is 12.2. The van der Waals surface area contributed by atoms with Gasteiger partial charge in [0.1, 0.15) is 11.4 Å². The van der Waals surface area contributed by atoms with Gasteiger partial charge in [-0.3, -0.25) is 9.36 Å². The van der Waals surface area contributed by atoms with Gasteiger partial charge in [-0.2, -0.15) is 13.2 Å². The molecule has 0 aliphatic carbocycles. The molecule has 118 valence electrons. The Balaban J connectivity index is 2.48. The van der Waals surface area contributed by atoms with Crippen molar-refractivity contribution in [3.05, 3.63) is 70.1 Å². The van der Waals surface area contributed by atoms with Crippen LogP contribution in [0.5, 0.6) is 0 Å². The number of nitrogens with zero attached hydrogens (tertiary/aromatic N) is 1. The van der Waals surface area contributed by atoms with E-state index in [9.17, 15) is 18.0 Å². The zero-order valence-electron chi connectivity index (χ0n) is 12.2. The molecule has 6 heteroatoms. The first-order valence-corrected chi connectivity index (χ1v) is 6.88. The third-order valence-electron chi connectivity index (χ3n) is 3.75. The van der Waals surface area contributed by atoms with Crippen molar-refractivity contribution in [1.82, 2.24) is 4.57 Å². The lowest BCUT2D eigenvalue weighted by Gasteiger charge is -2.18. The van der Waals surface area contributed by atoms with Crippen molar-refractivity contribution < 1.29 is 13.2 Å². The average Bonchev–Trinajstić information content (AvgIpc) is 2.51. The molecule has 2 N–H and O–H groups in total. The lowest BCUT2D eigenvalue weighted by molar-refractivity contribution is -0.142. The van der Waals surface area contributed by atoms with Crippen LogP contribution in [0.4, 0.5) is 18.9 Å². The second-order valence-electron chi connectivity index (χ2n) is 5.26. The van der Waals surface area contributed by atoms with Crippen LogP contribution in [0.2, 0.25) is 0 Å². The predicted molar refractivity (Wildman–Crippen MR) is 83.7 cm³/mol. The van der Waals surface area contributed by atoms with Gasteiger partial charge in [-0.25, -0.2) is 0 Å². The molecule has 1 heterocycles. The first-order chi connectivity index (χ1) is 10.8. The summed E-state index contributed by atoms with van der Waals surface area (Å²) in [5.74, 6) is 0. The van der Waals surface area contributed by atoms with E-state index in [0.29, 0.717) is 9.95 Å². The number of halogens is 3. The van der Waals surface area contributed by atoms with Gasteiger partial charge in [-0.05, 0) is 30.0 Å². The summed E-state index contributed by atoms with van der Waals surface area (Å²) >= 11 is 0. The topological polar surface area (TPSA) is 48.0 Å². The maximum atomic E-state index is 13.4. The molecule has 2 aromatic carbocycles. The van der Waals surface area contributed by atoms with Crippen LogP contribution in [-0.2, 0) is 6.18 Å². The van der Waals surface area contributed by atoms with E-state index in [1.165, 1.54) is 13.0 Å². The van der Waals surface area contributed by atoms with Gasteiger partial charge in [0.2, 0.25) is 0 Å². The molecule has 0 unspecified atom stereocenters. The zero-order chi connectivity index (χ0) is 16.8. The fraction of sp³-hybridized carbons (Fsp3) is 0.118. The van der Waals surface area contributed by atoms with Crippen LogP contribution in [0, 0.1) is 6.92 Å². The lowest BCUT2D eigenvalue weighted by atomic mass is 10.1. The van der Waals surface area contributed by atoms with Crippen LogP contribution in [-0.4, -0.2) is 4.57 Å². The fourth-order valence-electron chi connectivity index (χ4n) is 2.60. The minimum atomic E-state index is -4.67. The number of hydrogen-bond donors (Lipinski definition) is 1. The lowest BCUT2D eigenvalue weighted by Crippen LogP contribution is -2.29.